The highest BCUT2D eigenvalue weighted by Crippen LogP contribution is 2.11. The molecule has 1 atom stereocenters. The number of rotatable bonds is 9. The molecule has 0 aromatic heterocycles. The summed E-state index contributed by atoms with van der Waals surface area (Å²) in [6.45, 7) is 8.10. The number of ether oxygens (including phenoxy) is 1. The molecule has 1 rings (SSSR count). The Morgan fingerprint density at radius 3 is 2.60 bits per heavy atom. The Hall–Kier alpha value is -0.970. The Morgan fingerprint density at radius 1 is 1.30 bits per heavy atom. The van der Waals surface area contributed by atoms with Crippen molar-refractivity contribution in [2.24, 2.45) is 0 Å². The van der Waals surface area contributed by atoms with E-state index in [1.807, 2.05) is 19.9 Å². The molecule has 0 saturated heterocycles. The average molecular weight is 283 g/mol. The van der Waals surface area contributed by atoms with Crippen LogP contribution in [0.4, 0.5) is 4.39 Å². The lowest BCUT2D eigenvalue weighted by Gasteiger charge is -2.25. The van der Waals surface area contributed by atoms with E-state index in [1.165, 1.54) is 6.07 Å². The molecule has 0 radical (unpaired) electrons. The summed E-state index contributed by atoms with van der Waals surface area (Å²) in [5, 5.41) is 9.98. The smallest absolute Gasteiger partial charge is 0.127 e. The molecular formula is C16H26FNO2. The minimum absolute atomic E-state index is 0.107. The second-order valence-corrected chi connectivity index (χ2v) is 5.36. The number of benzene rings is 1. The zero-order valence-corrected chi connectivity index (χ0v) is 12.7. The number of halogens is 1. The van der Waals surface area contributed by atoms with Crippen molar-refractivity contribution in [3.63, 3.8) is 0 Å². The summed E-state index contributed by atoms with van der Waals surface area (Å²) in [7, 11) is 0. The number of hydrogen-bond donors (Lipinski definition) is 1. The maximum Gasteiger partial charge on any atom is 0.127 e. The van der Waals surface area contributed by atoms with Crippen LogP contribution in [0, 0.1) is 5.82 Å². The van der Waals surface area contributed by atoms with Crippen LogP contribution in [0.3, 0.4) is 0 Å². The van der Waals surface area contributed by atoms with Gasteiger partial charge in [0.15, 0.2) is 0 Å². The molecule has 1 unspecified atom stereocenters. The van der Waals surface area contributed by atoms with Gasteiger partial charge in [-0.3, -0.25) is 4.90 Å². The van der Waals surface area contributed by atoms with Gasteiger partial charge in [-0.25, -0.2) is 4.39 Å². The van der Waals surface area contributed by atoms with E-state index < -0.39 is 6.10 Å². The van der Waals surface area contributed by atoms with Gasteiger partial charge in [-0.2, -0.15) is 0 Å². The molecule has 3 nitrogen and oxygen atoms in total. The van der Waals surface area contributed by atoms with Gasteiger partial charge in [-0.15, -0.1) is 0 Å². The molecule has 0 aliphatic rings. The third-order valence-electron chi connectivity index (χ3n) is 2.98. The van der Waals surface area contributed by atoms with Crippen LogP contribution in [-0.2, 0) is 11.3 Å². The minimum atomic E-state index is -0.546. The largest absolute Gasteiger partial charge is 0.389 e. The molecule has 1 N–H and O–H groups in total. The van der Waals surface area contributed by atoms with E-state index in [4.69, 9.17) is 4.74 Å². The maximum absolute atomic E-state index is 13.7. The van der Waals surface area contributed by atoms with Gasteiger partial charge >= 0.3 is 0 Å². The minimum Gasteiger partial charge on any atom is -0.389 e. The van der Waals surface area contributed by atoms with Crippen molar-refractivity contribution in [2.45, 2.75) is 45.9 Å². The molecule has 0 fully saturated rings. The van der Waals surface area contributed by atoms with Gasteiger partial charge in [0, 0.05) is 18.7 Å². The van der Waals surface area contributed by atoms with Gasteiger partial charge in [0.05, 0.1) is 18.8 Å². The summed E-state index contributed by atoms with van der Waals surface area (Å²) in [4.78, 5) is 2.06. The van der Waals surface area contributed by atoms with Crippen LogP contribution in [0.2, 0.25) is 0 Å². The van der Waals surface area contributed by atoms with Gasteiger partial charge in [-0.05, 0) is 32.9 Å². The summed E-state index contributed by atoms with van der Waals surface area (Å²) in [6.07, 6.45) is 0.526. The molecule has 1 aromatic rings. The molecule has 0 heterocycles. The highest BCUT2D eigenvalue weighted by Gasteiger charge is 2.14. The van der Waals surface area contributed by atoms with Crippen molar-refractivity contribution >= 4 is 0 Å². The van der Waals surface area contributed by atoms with Crippen LogP contribution < -0.4 is 0 Å². The predicted octanol–water partition coefficient (Wildman–Crippen LogP) is 2.82. The lowest BCUT2D eigenvalue weighted by atomic mass is 10.2. The van der Waals surface area contributed by atoms with Crippen molar-refractivity contribution in [3.05, 3.63) is 35.6 Å². The quantitative estimate of drug-likeness (QED) is 0.756. The first-order valence-electron chi connectivity index (χ1n) is 7.28. The first kappa shape index (κ1) is 17.1. The van der Waals surface area contributed by atoms with Crippen molar-refractivity contribution < 1.29 is 14.2 Å². The molecule has 20 heavy (non-hydrogen) atoms. The van der Waals surface area contributed by atoms with E-state index in [-0.39, 0.29) is 11.9 Å². The van der Waals surface area contributed by atoms with E-state index in [2.05, 4.69) is 11.8 Å². The highest BCUT2D eigenvalue weighted by atomic mass is 19.1. The standard InChI is InChI=1S/C16H26FNO2/c1-4-9-18(11-15(19)12-20-13(2)3)10-14-7-5-6-8-16(14)17/h5-8,13,15,19H,4,9-12H2,1-3H3. The zero-order chi connectivity index (χ0) is 15.0. The molecule has 114 valence electrons. The number of nitrogens with zero attached hydrogens (tertiary/aromatic N) is 1. The molecule has 0 saturated carbocycles. The van der Waals surface area contributed by atoms with Crippen LogP contribution in [0.1, 0.15) is 32.8 Å². The van der Waals surface area contributed by atoms with E-state index >= 15 is 0 Å². The average Bonchev–Trinajstić information content (AvgIpc) is 2.39. The Balaban J connectivity index is 2.53. The van der Waals surface area contributed by atoms with E-state index in [0.29, 0.717) is 25.3 Å². The molecule has 1 aromatic carbocycles. The summed E-state index contributed by atoms with van der Waals surface area (Å²) in [5.74, 6) is -0.193. The predicted molar refractivity (Wildman–Crippen MR) is 79.1 cm³/mol. The maximum atomic E-state index is 13.7. The van der Waals surface area contributed by atoms with Crippen LogP contribution >= 0.6 is 0 Å². The van der Waals surface area contributed by atoms with Gasteiger partial charge < -0.3 is 9.84 Å². The molecular weight excluding hydrogens is 257 g/mol. The zero-order valence-electron chi connectivity index (χ0n) is 12.7. The second-order valence-electron chi connectivity index (χ2n) is 5.36. The normalized spacial score (nSPS) is 13.2. The van der Waals surface area contributed by atoms with Crippen LogP contribution in [0.15, 0.2) is 24.3 Å². The summed E-state index contributed by atoms with van der Waals surface area (Å²) in [6, 6.07) is 6.78. The third-order valence-corrected chi connectivity index (χ3v) is 2.98. The highest BCUT2D eigenvalue weighted by molar-refractivity contribution is 5.17. The molecule has 4 heteroatoms. The Morgan fingerprint density at radius 2 is 2.00 bits per heavy atom. The first-order valence-corrected chi connectivity index (χ1v) is 7.28. The van der Waals surface area contributed by atoms with Crippen molar-refractivity contribution in [3.8, 4) is 0 Å². The van der Waals surface area contributed by atoms with Gasteiger partial charge in [-0.1, -0.05) is 25.1 Å². The number of hydrogen-bond acceptors (Lipinski definition) is 3. The van der Waals surface area contributed by atoms with Crippen molar-refractivity contribution in [1.29, 1.82) is 0 Å². The molecule has 0 spiro atoms. The lowest BCUT2D eigenvalue weighted by molar-refractivity contribution is -0.00960. The summed E-state index contributed by atoms with van der Waals surface area (Å²) < 4.78 is 19.1. The van der Waals surface area contributed by atoms with E-state index in [9.17, 15) is 9.50 Å². The summed E-state index contributed by atoms with van der Waals surface area (Å²) in [5.41, 5.74) is 0.665. The number of aliphatic hydroxyl groups excluding tert-OH is 1. The molecule has 0 amide bonds. The van der Waals surface area contributed by atoms with Gasteiger partial charge in [0.2, 0.25) is 0 Å². The van der Waals surface area contributed by atoms with Crippen LogP contribution in [0.25, 0.3) is 0 Å². The fourth-order valence-electron chi connectivity index (χ4n) is 2.07. The third kappa shape index (κ3) is 6.46. The van der Waals surface area contributed by atoms with Crippen molar-refractivity contribution in [2.75, 3.05) is 19.7 Å². The Kier molecular flexibility index (Phi) is 7.73. The van der Waals surface area contributed by atoms with Crippen LogP contribution in [0.5, 0.6) is 0 Å². The second kappa shape index (κ2) is 9.06. The summed E-state index contributed by atoms with van der Waals surface area (Å²) >= 11 is 0. The monoisotopic (exact) mass is 283 g/mol. The molecule has 0 aliphatic heterocycles. The van der Waals surface area contributed by atoms with Gasteiger partial charge in [0.25, 0.3) is 0 Å². The Labute approximate surface area is 121 Å². The van der Waals surface area contributed by atoms with E-state index in [1.54, 1.807) is 12.1 Å². The lowest BCUT2D eigenvalue weighted by Crippen LogP contribution is -2.35. The first-order chi connectivity index (χ1) is 9.52. The van der Waals surface area contributed by atoms with Crippen LogP contribution in [-0.4, -0.2) is 41.9 Å². The topological polar surface area (TPSA) is 32.7 Å². The van der Waals surface area contributed by atoms with E-state index in [0.717, 1.165) is 13.0 Å². The number of aliphatic hydroxyl groups is 1. The fourth-order valence-corrected chi connectivity index (χ4v) is 2.07. The molecule has 0 bridgehead atoms. The van der Waals surface area contributed by atoms with Gasteiger partial charge in [0.1, 0.15) is 5.82 Å². The van der Waals surface area contributed by atoms with Crippen molar-refractivity contribution in [1.82, 2.24) is 4.90 Å². The Bertz CT molecular complexity index is 384. The fraction of sp³-hybridized carbons (Fsp3) is 0.625. The SMILES string of the molecule is CCCN(Cc1ccccc1F)CC(O)COC(C)C. The molecule has 0 aliphatic carbocycles.